The maximum Gasteiger partial charge on any atom is 0.490 e. The largest absolute Gasteiger partial charge is 0.490 e. The summed E-state index contributed by atoms with van der Waals surface area (Å²) >= 11 is 0. The number of halogens is 7. The van der Waals surface area contributed by atoms with Crippen molar-refractivity contribution < 1.29 is 55.3 Å². The Kier molecular flexibility index (Phi) is 13.3. The molecule has 39 heavy (non-hydrogen) atoms. The molecule has 1 aromatic carbocycles. The monoisotopic (exact) mass is 574 g/mol. The number of nitrogens with zero attached hydrogens (tertiary/aromatic N) is 4. The van der Waals surface area contributed by atoms with Crippen molar-refractivity contribution in [3.05, 3.63) is 53.6 Å². The number of hydrogen-bond acceptors (Lipinski definition) is 6. The zero-order valence-electron chi connectivity index (χ0n) is 21.0. The van der Waals surface area contributed by atoms with E-state index in [1.54, 1.807) is 0 Å². The number of carboxylic acid groups (broad SMARTS) is 2. The number of likely N-dealkylation sites (N-methyl/N-ethyl adjacent to an activating group) is 1. The molecule has 0 bridgehead atoms. The molecule has 2 N–H and O–H groups in total. The molecule has 0 fully saturated rings. The zero-order valence-corrected chi connectivity index (χ0v) is 21.0. The molecule has 16 heteroatoms. The lowest BCUT2D eigenvalue weighted by molar-refractivity contribution is -0.193. The summed E-state index contributed by atoms with van der Waals surface area (Å²) in [6.45, 7) is 5.89. The van der Waals surface area contributed by atoms with Crippen molar-refractivity contribution in [1.29, 1.82) is 0 Å². The predicted octanol–water partition coefficient (Wildman–Crippen LogP) is 3.50. The van der Waals surface area contributed by atoms with Gasteiger partial charge in [0.1, 0.15) is 5.82 Å². The van der Waals surface area contributed by atoms with Crippen molar-refractivity contribution in [3.63, 3.8) is 0 Å². The van der Waals surface area contributed by atoms with E-state index in [0.717, 1.165) is 51.5 Å². The zero-order chi connectivity index (χ0) is 29.8. The normalized spacial score (nSPS) is 15.8. The number of hydrogen-bond donors (Lipinski definition) is 2. The van der Waals surface area contributed by atoms with Gasteiger partial charge >= 0.3 is 24.3 Å². The molecule has 0 spiro atoms. The van der Waals surface area contributed by atoms with Crippen LogP contribution in [0.15, 0.2) is 36.5 Å². The van der Waals surface area contributed by atoms with Gasteiger partial charge in [-0.2, -0.15) is 31.4 Å². The van der Waals surface area contributed by atoms with Crippen molar-refractivity contribution in [1.82, 2.24) is 19.6 Å². The SMILES string of the molecule is CN(C)CCOCC1CN(Cc2ccc(F)cc2)Cc2ccnn2C1.O=C(O)C(F)(F)F.O=C(O)C(F)(F)F. The highest BCUT2D eigenvalue weighted by atomic mass is 19.4. The lowest BCUT2D eigenvalue weighted by Gasteiger charge is -2.24. The Hall–Kier alpha value is -3.24. The molecule has 0 saturated heterocycles. The molecule has 0 aliphatic carbocycles. The molecule has 1 aliphatic heterocycles. The van der Waals surface area contributed by atoms with Crippen LogP contribution in [-0.4, -0.2) is 94.5 Å². The van der Waals surface area contributed by atoms with Gasteiger partial charge in [-0.3, -0.25) is 9.58 Å². The number of alkyl halides is 6. The van der Waals surface area contributed by atoms with Crippen LogP contribution in [-0.2, 0) is 34.0 Å². The quantitative estimate of drug-likeness (QED) is 0.382. The molecule has 1 unspecified atom stereocenters. The minimum atomic E-state index is -5.08. The number of ether oxygens (including phenoxy) is 1. The van der Waals surface area contributed by atoms with Crippen LogP contribution < -0.4 is 0 Å². The second-order valence-electron chi connectivity index (χ2n) is 8.65. The Morgan fingerprint density at radius 1 is 1.00 bits per heavy atom. The van der Waals surface area contributed by atoms with Crippen LogP contribution in [0.5, 0.6) is 0 Å². The highest BCUT2D eigenvalue weighted by Gasteiger charge is 2.38. The first-order chi connectivity index (χ1) is 18.0. The number of fused-ring (bicyclic) bond motifs is 1. The van der Waals surface area contributed by atoms with Gasteiger partial charge in [-0.05, 0) is 37.9 Å². The van der Waals surface area contributed by atoms with Crippen LogP contribution in [0.3, 0.4) is 0 Å². The minimum Gasteiger partial charge on any atom is -0.475 e. The number of rotatable bonds is 7. The van der Waals surface area contributed by atoms with Gasteiger partial charge in [0, 0.05) is 44.8 Å². The van der Waals surface area contributed by atoms with E-state index in [-0.39, 0.29) is 5.82 Å². The van der Waals surface area contributed by atoms with Gasteiger partial charge in [0.25, 0.3) is 0 Å². The van der Waals surface area contributed by atoms with Gasteiger partial charge in [0.15, 0.2) is 0 Å². The summed E-state index contributed by atoms with van der Waals surface area (Å²) in [5, 5.41) is 18.7. The summed E-state index contributed by atoms with van der Waals surface area (Å²) < 4.78 is 84.6. The Balaban J connectivity index is 0.000000449. The van der Waals surface area contributed by atoms with Crippen LogP contribution in [0.2, 0.25) is 0 Å². The summed E-state index contributed by atoms with van der Waals surface area (Å²) in [7, 11) is 4.10. The maximum absolute atomic E-state index is 13.1. The van der Waals surface area contributed by atoms with Gasteiger partial charge in [-0.15, -0.1) is 0 Å². The van der Waals surface area contributed by atoms with E-state index in [9.17, 15) is 30.7 Å². The third kappa shape index (κ3) is 13.9. The lowest BCUT2D eigenvalue weighted by Crippen LogP contribution is -2.30. The molecule has 9 nitrogen and oxygen atoms in total. The molecule has 2 heterocycles. The van der Waals surface area contributed by atoms with E-state index in [2.05, 4.69) is 39.7 Å². The number of aliphatic carboxylic acids is 2. The molecular formula is C23H29F7N4O5. The molecule has 0 amide bonds. The van der Waals surface area contributed by atoms with Crippen LogP contribution in [0.25, 0.3) is 0 Å². The molecule has 220 valence electrons. The second-order valence-corrected chi connectivity index (χ2v) is 8.65. The molecule has 3 rings (SSSR count). The highest BCUT2D eigenvalue weighted by molar-refractivity contribution is 5.73. The van der Waals surface area contributed by atoms with Crippen molar-refractivity contribution in [3.8, 4) is 0 Å². The maximum atomic E-state index is 13.1. The van der Waals surface area contributed by atoms with Crippen LogP contribution in [0, 0.1) is 11.7 Å². The smallest absolute Gasteiger partial charge is 0.475 e. The Morgan fingerprint density at radius 2 is 1.54 bits per heavy atom. The fourth-order valence-electron chi connectivity index (χ4n) is 3.19. The van der Waals surface area contributed by atoms with Crippen LogP contribution >= 0.6 is 0 Å². The lowest BCUT2D eigenvalue weighted by atomic mass is 10.1. The number of aromatic nitrogens is 2. The minimum absolute atomic E-state index is 0.190. The first-order valence-corrected chi connectivity index (χ1v) is 11.3. The van der Waals surface area contributed by atoms with Gasteiger partial charge in [0.05, 0.1) is 18.9 Å². The topological polar surface area (TPSA) is 108 Å². The molecule has 1 atom stereocenters. The molecule has 2 aromatic rings. The van der Waals surface area contributed by atoms with Crippen molar-refractivity contribution in [2.45, 2.75) is 32.0 Å². The summed E-state index contributed by atoms with van der Waals surface area (Å²) in [5.41, 5.74) is 2.35. The Bertz CT molecular complexity index is 1000. The van der Waals surface area contributed by atoms with E-state index in [1.165, 1.54) is 17.8 Å². The van der Waals surface area contributed by atoms with E-state index in [1.807, 2.05) is 18.3 Å². The number of benzene rings is 1. The fourth-order valence-corrected chi connectivity index (χ4v) is 3.19. The third-order valence-electron chi connectivity index (χ3n) is 4.98. The molecule has 0 radical (unpaired) electrons. The van der Waals surface area contributed by atoms with Crippen molar-refractivity contribution >= 4 is 11.9 Å². The third-order valence-corrected chi connectivity index (χ3v) is 4.98. The Labute approximate surface area is 219 Å². The van der Waals surface area contributed by atoms with E-state index >= 15 is 0 Å². The fraction of sp³-hybridized carbons (Fsp3) is 0.522. The molecule has 1 aliphatic rings. The van der Waals surface area contributed by atoms with Crippen molar-refractivity contribution in [2.75, 3.05) is 40.4 Å². The van der Waals surface area contributed by atoms with E-state index in [4.69, 9.17) is 24.5 Å². The average molecular weight is 574 g/mol. The average Bonchev–Trinajstić information content (AvgIpc) is 3.16. The Morgan fingerprint density at radius 3 is 2.03 bits per heavy atom. The van der Waals surface area contributed by atoms with Crippen molar-refractivity contribution in [2.24, 2.45) is 5.92 Å². The van der Waals surface area contributed by atoms with Gasteiger partial charge in [0.2, 0.25) is 0 Å². The number of carboxylic acids is 2. The van der Waals surface area contributed by atoms with Gasteiger partial charge in [-0.1, -0.05) is 12.1 Å². The van der Waals surface area contributed by atoms with E-state index in [0.29, 0.717) is 5.92 Å². The van der Waals surface area contributed by atoms with E-state index < -0.39 is 24.3 Å². The van der Waals surface area contributed by atoms with Gasteiger partial charge in [-0.25, -0.2) is 14.0 Å². The van der Waals surface area contributed by atoms with Gasteiger partial charge < -0.3 is 19.8 Å². The summed E-state index contributed by atoms with van der Waals surface area (Å²) in [6, 6.07) is 8.85. The summed E-state index contributed by atoms with van der Waals surface area (Å²) in [6.07, 6.45) is -8.30. The standard InChI is InChI=1S/C19H27FN4O.2C2HF3O2/c1-22(2)9-10-25-15-17-12-23(11-16-3-5-18(20)6-4-16)14-19-7-8-21-24(19)13-17;2*3-2(4,5)1(6)7/h3-8,17H,9-15H2,1-2H3;2*(H,6,7). The van der Waals surface area contributed by atoms with Crippen LogP contribution in [0.4, 0.5) is 30.7 Å². The highest BCUT2D eigenvalue weighted by Crippen LogP contribution is 2.19. The predicted molar refractivity (Wildman–Crippen MR) is 123 cm³/mol. The molecule has 0 saturated carbocycles. The molecular weight excluding hydrogens is 545 g/mol. The first-order valence-electron chi connectivity index (χ1n) is 11.3. The summed E-state index contributed by atoms with van der Waals surface area (Å²) in [4.78, 5) is 22.3. The molecule has 1 aromatic heterocycles. The summed E-state index contributed by atoms with van der Waals surface area (Å²) in [5.74, 6) is -5.31. The number of carbonyl (C=O) groups is 2. The second kappa shape index (κ2) is 15.4. The van der Waals surface area contributed by atoms with Crippen LogP contribution in [0.1, 0.15) is 11.3 Å². The first kappa shape index (κ1) is 33.8.